The second-order valence-electron chi connectivity index (χ2n) is 3.75. The Morgan fingerprint density at radius 1 is 1.16 bits per heavy atom. The van der Waals surface area contributed by atoms with Crippen LogP contribution in [0.2, 0.25) is 0 Å². The molecule has 10 heteroatoms. The Balaban J connectivity index is 0.000000550. The number of halogens is 2. The van der Waals surface area contributed by atoms with E-state index < -0.39 is 20.8 Å². The van der Waals surface area contributed by atoms with Crippen LogP contribution in [-0.2, 0) is 30.3 Å². The van der Waals surface area contributed by atoms with E-state index in [4.69, 9.17) is 36.7 Å². The average molecular weight is 391 g/mol. The van der Waals surface area contributed by atoms with E-state index in [0.717, 1.165) is 0 Å². The van der Waals surface area contributed by atoms with E-state index in [2.05, 4.69) is 9.98 Å². The summed E-state index contributed by atoms with van der Waals surface area (Å²) in [5, 5.41) is 17.8. The first-order valence-electron chi connectivity index (χ1n) is 5.49. The van der Waals surface area contributed by atoms with Crippen molar-refractivity contribution in [3.05, 3.63) is 0 Å². The molecule has 2 rings (SSSR count). The molecule has 2 heterocycles. The number of rotatable bonds is 2. The molecule has 0 radical (unpaired) electrons. The van der Waals surface area contributed by atoms with E-state index in [1.165, 1.54) is 0 Å². The van der Waals surface area contributed by atoms with Crippen LogP contribution in [0, 0.1) is 0 Å². The fourth-order valence-corrected chi connectivity index (χ4v) is 1.44. The normalized spacial score (nSPS) is 24.5. The van der Waals surface area contributed by atoms with Crippen molar-refractivity contribution in [2.45, 2.75) is 12.1 Å². The van der Waals surface area contributed by atoms with Crippen molar-refractivity contribution < 1.29 is 40.5 Å². The summed E-state index contributed by atoms with van der Waals surface area (Å²) in [5.41, 5.74) is 0. The Morgan fingerprint density at radius 3 is 1.79 bits per heavy atom. The zero-order valence-electron chi connectivity index (χ0n) is 10.3. The van der Waals surface area contributed by atoms with Crippen LogP contribution in [-0.4, -0.2) is 72.7 Å². The Morgan fingerprint density at radius 2 is 1.53 bits per heavy atom. The Kier molecular flexibility index (Phi) is 8.25. The third-order valence-electron chi connectivity index (χ3n) is 2.39. The van der Waals surface area contributed by atoms with Crippen LogP contribution in [0.15, 0.2) is 9.98 Å². The number of hydrogen-bond acceptors (Lipinski definition) is 7. The molecule has 7 nitrogen and oxygen atoms in total. The van der Waals surface area contributed by atoms with Gasteiger partial charge < -0.3 is 19.7 Å². The van der Waals surface area contributed by atoms with Crippen LogP contribution in [0.4, 0.5) is 0 Å². The van der Waals surface area contributed by atoms with Crippen molar-refractivity contribution in [2.24, 2.45) is 9.98 Å². The van der Waals surface area contributed by atoms with Gasteiger partial charge in [0.25, 0.3) is 12.0 Å². The number of nitrogens with zero attached hydrogens (tertiary/aromatic N) is 3. The van der Waals surface area contributed by atoms with E-state index in [-0.39, 0.29) is 25.3 Å². The minimum atomic E-state index is -0.826. The molecule has 0 aromatic heterocycles. The van der Waals surface area contributed by atoms with Crippen molar-refractivity contribution in [1.82, 2.24) is 4.90 Å². The molecule has 0 bridgehead atoms. The van der Waals surface area contributed by atoms with Gasteiger partial charge in [0, 0.05) is 7.05 Å². The van der Waals surface area contributed by atoms with E-state index >= 15 is 0 Å². The quantitative estimate of drug-likeness (QED) is 0.680. The van der Waals surface area contributed by atoms with Crippen LogP contribution in [0.1, 0.15) is 0 Å². The zero-order valence-corrected chi connectivity index (χ0v) is 14.3. The predicted molar refractivity (Wildman–Crippen MR) is 68.0 cm³/mol. The van der Waals surface area contributed by atoms with Crippen LogP contribution < -0.4 is 0 Å². The minimum absolute atomic E-state index is 0.0378. The van der Waals surface area contributed by atoms with Gasteiger partial charge in [-0.15, -0.1) is 0 Å². The molecule has 0 aromatic rings. The summed E-state index contributed by atoms with van der Waals surface area (Å²) >= 11 is -0.826. The van der Waals surface area contributed by atoms with Gasteiger partial charge in [-0.3, -0.25) is 4.90 Å². The van der Waals surface area contributed by atoms with E-state index in [9.17, 15) is 0 Å². The summed E-state index contributed by atoms with van der Waals surface area (Å²) in [5.74, 6) is 0. The summed E-state index contributed by atoms with van der Waals surface area (Å²) in [6, 6.07) is 0.342. The molecule has 2 N–H and O–H groups in total. The maximum absolute atomic E-state index is 8.91. The number of aliphatic hydroxyl groups excluding tert-OH is 2. The monoisotopic (exact) mass is 389 g/mol. The van der Waals surface area contributed by atoms with Crippen LogP contribution >= 0.6 is 17.0 Å². The van der Waals surface area contributed by atoms with Crippen molar-refractivity contribution in [3.8, 4) is 0 Å². The Hall–Kier alpha value is 0.123. The van der Waals surface area contributed by atoms with Gasteiger partial charge in [-0.1, -0.05) is 0 Å². The van der Waals surface area contributed by atoms with Gasteiger partial charge in [-0.25, -0.2) is 9.98 Å². The molecule has 108 valence electrons. The first kappa shape index (κ1) is 17.2. The molecule has 2 unspecified atom stereocenters. The number of hydrogen-bond donors (Lipinski definition) is 2. The van der Waals surface area contributed by atoms with Crippen molar-refractivity contribution in [1.29, 1.82) is 0 Å². The van der Waals surface area contributed by atoms with Crippen LogP contribution in [0.5, 0.6) is 0 Å². The first-order valence-corrected chi connectivity index (χ1v) is 11.8. The van der Waals surface area contributed by atoms with Crippen molar-refractivity contribution in [3.63, 3.8) is 0 Å². The molecule has 0 fully saturated rings. The van der Waals surface area contributed by atoms with E-state index in [1.807, 2.05) is 0 Å². The predicted octanol–water partition coefficient (Wildman–Crippen LogP) is -0.211. The zero-order chi connectivity index (χ0) is 14.3. The molecule has 19 heavy (non-hydrogen) atoms. The van der Waals surface area contributed by atoms with E-state index in [1.54, 1.807) is 11.9 Å². The third-order valence-corrected chi connectivity index (χ3v) is 2.39. The number of aliphatic imine (C=N–C) groups is 2. The molecular weight excluding hydrogens is 376 g/mol. The van der Waals surface area contributed by atoms with E-state index in [0.29, 0.717) is 25.3 Å². The molecule has 0 spiro atoms. The van der Waals surface area contributed by atoms with Gasteiger partial charge in [0.2, 0.25) is 0 Å². The molecule has 0 amide bonds. The molecular formula is C9H15Cl2N3O4Zr. The molecule has 0 aliphatic carbocycles. The number of ether oxygens (including phenoxy) is 2. The third kappa shape index (κ3) is 5.19. The summed E-state index contributed by atoms with van der Waals surface area (Å²) in [6.45, 7) is 0.660. The number of aliphatic hydroxyl groups is 2. The van der Waals surface area contributed by atoms with Crippen molar-refractivity contribution >= 4 is 29.1 Å². The van der Waals surface area contributed by atoms with Crippen molar-refractivity contribution in [2.75, 3.05) is 33.5 Å². The first-order chi connectivity index (χ1) is 9.15. The molecule has 0 saturated heterocycles. The molecule has 2 atom stereocenters. The molecule has 0 saturated carbocycles. The van der Waals surface area contributed by atoms with Gasteiger partial charge >= 0.3 is 37.9 Å². The standard InChI is InChI=1S/C9H15N3O4.2ClH.Zr/c1-12(8-10-6(2-13)4-15-8)9-11-7(3-14)5-16-9;;;/h6-7,13-14H,2-5H2,1H3;2*1H;/q;;;+2/p-2. The Labute approximate surface area is 129 Å². The maximum atomic E-state index is 8.91. The second-order valence-corrected chi connectivity index (χ2v) is 7.48. The van der Waals surface area contributed by atoms with Gasteiger partial charge in [-0.2, -0.15) is 0 Å². The summed E-state index contributed by atoms with van der Waals surface area (Å²) in [7, 11) is 11.6. The molecule has 2 aliphatic heterocycles. The SMILES string of the molecule is CN(C1=NC(CO)CO1)C1=NC(CO)CO1.[Cl][Zr][Cl]. The molecule has 0 aromatic carbocycles. The number of amidine groups is 2. The molecule has 2 aliphatic rings. The summed E-state index contributed by atoms with van der Waals surface area (Å²) < 4.78 is 10.6. The summed E-state index contributed by atoms with van der Waals surface area (Å²) in [6.07, 6.45) is 0. The van der Waals surface area contributed by atoms with Crippen LogP contribution in [0.3, 0.4) is 0 Å². The fourth-order valence-electron chi connectivity index (χ4n) is 1.44. The second kappa shape index (κ2) is 9.13. The summed E-state index contributed by atoms with van der Waals surface area (Å²) in [4.78, 5) is 9.87. The average Bonchev–Trinajstić information content (AvgIpc) is 3.08. The van der Waals surface area contributed by atoms with Gasteiger partial charge in [-0.05, 0) is 0 Å². The fraction of sp³-hybridized carbons (Fsp3) is 0.778. The van der Waals surface area contributed by atoms with Gasteiger partial charge in [0.1, 0.15) is 25.3 Å². The topological polar surface area (TPSA) is 86.9 Å². The van der Waals surface area contributed by atoms with Gasteiger partial charge in [0.05, 0.1) is 13.2 Å². The van der Waals surface area contributed by atoms with Crippen LogP contribution in [0.25, 0.3) is 0 Å². The Bertz CT molecular complexity index is 315. The van der Waals surface area contributed by atoms with Gasteiger partial charge in [0.15, 0.2) is 0 Å².